The van der Waals surface area contributed by atoms with Crippen LogP contribution in [0.2, 0.25) is 0 Å². The van der Waals surface area contributed by atoms with E-state index in [4.69, 9.17) is 1.37 Å². The molecule has 62 valence electrons. The molecule has 1 amide bonds. The van der Waals surface area contributed by atoms with E-state index in [0.717, 1.165) is 16.9 Å². The van der Waals surface area contributed by atoms with Gasteiger partial charge in [-0.2, -0.15) is 0 Å². The van der Waals surface area contributed by atoms with Gasteiger partial charge in [0.1, 0.15) is 0 Å². The van der Waals surface area contributed by atoms with Crippen LogP contribution in [0, 0.1) is 6.92 Å². The number of hydrogen-bond donors (Lipinski definition) is 0. The van der Waals surface area contributed by atoms with E-state index in [1.165, 1.54) is 4.90 Å². The van der Waals surface area contributed by atoms with Crippen LogP contribution in [-0.2, 0) is 11.2 Å². The lowest BCUT2D eigenvalue weighted by atomic mass is 10.1. The standard InChI is InChI=1S/C9H10N2O/c1-6-7-5-9(12)11(2)8(7)3-4-10-6/h3-4H,5H2,1-2H3/i5T. The summed E-state index contributed by atoms with van der Waals surface area (Å²) in [7, 11) is 1.69. The van der Waals surface area contributed by atoms with E-state index in [0.29, 0.717) is 0 Å². The molecule has 0 saturated carbocycles. The zero-order valence-corrected chi connectivity index (χ0v) is 7.03. The monoisotopic (exact) mass is 164 g/mol. The van der Waals surface area contributed by atoms with Gasteiger partial charge in [0.2, 0.25) is 5.91 Å². The van der Waals surface area contributed by atoms with E-state index in [2.05, 4.69) is 4.98 Å². The first-order chi connectivity index (χ1) is 6.13. The Balaban J connectivity index is 2.66. The van der Waals surface area contributed by atoms with E-state index in [-0.39, 0.29) is 5.91 Å². The number of carbonyl (C=O) groups excluding carboxylic acids is 1. The molecule has 1 unspecified atom stereocenters. The zero-order valence-electron chi connectivity index (χ0n) is 8.03. The minimum Gasteiger partial charge on any atom is -0.315 e. The van der Waals surface area contributed by atoms with Crippen LogP contribution in [0.15, 0.2) is 12.3 Å². The molecule has 0 aromatic carbocycles. The number of aryl methyl sites for hydroxylation is 1. The fourth-order valence-corrected chi connectivity index (χ4v) is 1.37. The molecular formula is C9H10N2O. The number of rotatable bonds is 0. The average molecular weight is 164 g/mol. The van der Waals surface area contributed by atoms with Crippen molar-refractivity contribution in [1.82, 2.24) is 4.98 Å². The first-order valence-electron chi connectivity index (χ1n) is 4.36. The van der Waals surface area contributed by atoms with Gasteiger partial charge in [-0.05, 0) is 13.0 Å². The summed E-state index contributed by atoms with van der Waals surface area (Å²) in [5.41, 5.74) is 2.34. The van der Waals surface area contributed by atoms with Crippen LogP contribution < -0.4 is 4.90 Å². The zero-order chi connectivity index (χ0) is 9.59. The van der Waals surface area contributed by atoms with Gasteiger partial charge in [0.05, 0.1) is 12.1 Å². The van der Waals surface area contributed by atoms with E-state index < -0.39 is 6.40 Å². The van der Waals surface area contributed by atoms with E-state index >= 15 is 0 Å². The van der Waals surface area contributed by atoms with E-state index in [1.807, 2.05) is 6.92 Å². The van der Waals surface area contributed by atoms with E-state index in [9.17, 15) is 4.79 Å². The van der Waals surface area contributed by atoms with Gasteiger partial charge in [-0.1, -0.05) is 0 Å². The Kier molecular flexibility index (Phi) is 1.18. The minimum atomic E-state index is -0.784. The topological polar surface area (TPSA) is 33.2 Å². The highest BCUT2D eigenvalue weighted by atomic mass is 16.2. The molecule has 0 N–H and O–H groups in total. The smallest absolute Gasteiger partial charge is 0.231 e. The average Bonchev–Trinajstić information content (AvgIpc) is 2.33. The number of likely N-dealkylation sites (N-methyl/N-ethyl adjacent to an activating group) is 1. The molecule has 3 nitrogen and oxygen atoms in total. The SMILES string of the molecule is [3H]C1C(=O)N(C)c2ccnc(C)c21. The molecule has 0 bridgehead atoms. The molecule has 0 spiro atoms. The normalized spacial score (nSPS) is 22.5. The maximum absolute atomic E-state index is 11.4. The van der Waals surface area contributed by atoms with Crippen molar-refractivity contribution in [3.63, 3.8) is 0 Å². The van der Waals surface area contributed by atoms with Gasteiger partial charge in [0, 0.05) is 25.9 Å². The van der Waals surface area contributed by atoms with E-state index in [1.54, 1.807) is 19.3 Å². The number of amides is 1. The molecule has 0 aliphatic carbocycles. The summed E-state index contributed by atoms with van der Waals surface area (Å²) in [5, 5.41) is 0. The van der Waals surface area contributed by atoms with Gasteiger partial charge in [-0.3, -0.25) is 9.78 Å². The summed E-state index contributed by atoms with van der Waals surface area (Å²) in [6.07, 6.45) is 0.879. The number of aromatic nitrogens is 1. The van der Waals surface area contributed by atoms with Gasteiger partial charge >= 0.3 is 0 Å². The number of pyridine rings is 1. The Hall–Kier alpha value is -1.38. The largest absolute Gasteiger partial charge is 0.315 e. The molecule has 12 heavy (non-hydrogen) atoms. The number of fused-ring (bicyclic) bond motifs is 1. The number of nitrogens with zero attached hydrogens (tertiary/aromatic N) is 2. The fraction of sp³-hybridized carbons (Fsp3) is 0.333. The van der Waals surface area contributed by atoms with Crippen molar-refractivity contribution in [1.29, 1.82) is 0 Å². The van der Waals surface area contributed by atoms with Gasteiger partial charge in [0.25, 0.3) is 0 Å². The summed E-state index contributed by atoms with van der Waals surface area (Å²) in [6.45, 7) is 1.83. The van der Waals surface area contributed by atoms with Gasteiger partial charge in [-0.25, -0.2) is 0 Å². The minimum absolute atomic E-state index is 0.175. The highest BCUT2D eigenvalue weighted by molar-refractivity contribution is 6.01. The molecule has 1 aromatic heterocycles. The summed E-state index contributed by atoms with van der Waals surface area (Å²) in [5.74, 6) is -0.175. The van der Waals surface area contributed by atoms with Crippen LogP contribution in [0.3, 0.4) is 0 Å². The number of anilines is 1. The van der Waals surface area contributed by atoms with Gasteiger partial charge in [0.15, 0.2) is 0 Å². The maximum Gasteiger partial charge on any atom is 0.231 e. The Morgan fingerprint density at radius 3 is 3.17 bits per heavy atom. The third-order valence-electron chi connectivity index (χ3n) is 2.13. The highest BCUT2D eigenvalue weighted by Gasteiger charge is 2.25. The third kappa shape index (κ3) is 0.826. The predicted octanol–water partition coefficient (Wildman–Crippen LogP) is 0.909. The maximum atomic E-state index is 11.4. The molecule has 3 heteroatoms. The Morgan fingerprint density at radius 2 is 2.50 bits per heavy atom. The number of carbonyl (C=O) groups is 1. The lowest BCUT2D eigenvalue weighted by Crippen LogP contribution is -2.20. The second-order valence-electron chi connectivity index (χ2n) is 2.87. The predicted molar refractivity (Wildman–Crippen MR) is 46.1 cm³/mol. The van der Waals surface area contributed by atoms with Gasteiger partial charge < -0.3 is 4.90 Å². The molecule has 1 atom stereocenters. The molecule has 0 saturated heterocycles. The van der Waals surface area contributed by atoms with Crippen molar-refractivity contribution in [3.05, 3.63) is 23.5 Å². The van der Waals surface area contributed by atoms with Crippen molar-refractivity contribution < 1.29 is 6.17 Å². The second-order valence-corrected chi connectivity index (χ2v) is 2.87. The first-order valence-corrected chi connectivity index (χ1v) is 3.78. The third-order valence-corrected chi connectivity index (χ3v) is 2.13. The van der Waals surface area contributed by atoms with Crippen LogP contribution in [0.25, 0.3) is 0 Å². The highest BCUT2D eigenvalue weighted by Crippen LogP contribution is 2.28. The van der Waals surface area contributed by atoms with Crippen molar-refractivity contribution in [2.45, 2.75) is 13.3 Å². The lowest BCUT2D eigenvalue weighted by Gasteiger charge is -2.09. The molecule has 0 radical (unpaired) electrons. The quantitative estimate of drug-likeness (QED) is 0.571. The summed E-state index contributed by atoms with van der Waals surface area (Å²) < 4.78 is 7.66. The Bertz CT molecular complexity index is 378. The van der Waals surface area contributed by atoms with Crippen LogP contribution in [0.1, 0.15) is 12.6 Å². The van der Waals surface area contributed by atoms with Crippen molar-refractivity contribution in [2.75, 3.05) is 11.9 Å². The van der Waals surface area contributed by atoms with Crippen LogP contribution in [0.4, 0.5) is 5.69 Å². The van der Waals surface area contributed by atoms with Crippen LogP contribution in [-0.4, -0.2) is 17.9 Å². The fourth-order valence-electron chi connectivity index (χ4n) is 1.37. The molecular weight excluding hydrogens is 152 g/mol. The molecule has 0 fully saturated rings. The van der Waals surface area contributed by atoms with Crippen molar-refractivity contribution in [2.24, 2.45) is 0 Å². The Labute approximate surface area is 72.4 Å². The summed E-state index contributed by atoms with van der Waals surface area (Å²) in [4.78, 5) is 17.0. The van der Waals surface area contributed by atoms with Crippen LogP contribution >= 0.6 is 0 Å². The summed E-state index contributed by atoms with van der Waals surface area (Å²) >= 11 is 0. The first kappa shape index (κ1) is 6.17. The van der Waals surface area contributed by atoms with Gasteiger partial charge in [-0.15, -0.1) is 0 Å². The molecule has 2 heterocycles. The molecule has 1 aliphatic rings. The van der Waals surface area contributed by atoms with Crippen molar-refractivity contribution in [3.8, 4) is 0 Å². The van der Waals surface area contributed by atoms with Crippen LogP contribution in [0.5, 0.6) is 0 Å². The molecule has 1 aliphatic heterocycles. The second kappa shape index (κ2) is 2.30. The molecule has 2 rings (SSSR count). The summed E-state index contributed by atoms with van der Waals surface area (Å²) in [6, 6.07) is 1.77. The lowest BCUT2D eigenvalue weighted by molar-refractivity contribution is -0.117. The van der Waals surface area contributed by atoms with Crippen molar-refractivity contribution >= 4 is 11.6 Å². The number of hydrogen-bond acceptors (Lipinski definition) is 2. The Morgan fingerprint density at radius 1 is 1.75 bits per heavy atom. The molecule has 1 aromatic rings.